The fourth-order valence-electron chi connectivity index (χ4n) is 3.11. The van der Waals surface area contributed by atoms with Gasteiger partial charge in [0.25, 0.3) is 0 Å². The first-order chi connectivity index (χ1) is 10.3. The summed E-state index contributed by atoms with van der Waals surface area (Å²) in [6, 6.07) is 8.34. The molecule has 1 fully saturated rings. The third kappa shape index (κ3) is 5.04. The Hall–Kier alpha value is -0.970. The van der Waals surface area contributed by atoms with Gasteiger partial charge < -0.3 is 15.2 Å². The third-order valence-electron chi connectivity index (χ3n) is 4.26. The maximum absolute atomic E-state index is 5.93. The Bertz CT molecular complexity index is 431. The van der Waals surface area contributed by atoms with E-state index in [4.69, 9.17) is 15.2 Å². The van der Waals surface area contributed by atoms with Crippen molar-refractivity contribution in [2.75, 3.05) is 32.8 Å². The predicted molar refractivity (Wildman–Crippen MR) is 93.2 cm³/mol. The fourth-order valence-corrected chi connectivity index (χ4v) is 3.11. The molecule has 2 unspecified atom stereocenters. The predicted octanol–water partition coefficient (Wildman–Crippen LogP) is 2.95. The minimum Gasteiger partial charge on any atom is -0.490 e. The number of para-hydroxylation sites is 2. The van der Waals surface area contributed by atoms with Gasteiger partial charge in [-0.2, -0.15) is 0 Å². The Balaban J connectivity index is 0.00000242. The van der Waals surface area contributed by atoms with Crippen LogP contribution in [0, 0.1) is 5.92 Å². The van der Waals surface area contributed by atoms with Gasteiger partial charge in [-0.3, -0.25) is 4.90 Å². The number of benzene rings is 1. The highest BCUT2D eigenvalue weighted by Crippen LogP contribution is 2.27. The van der Waals surface area contributed by atoms with Crippen molar-refractivity contribution in [3.05, 3.63) is 24.3 Å². The average molecular weight is 329 g/mol. The molecular formula is C17H29ClN2O2. The molecule has 0 bridgehead atoms. The fraction of sp³-hybridized carbons (Fsp3) is 0.647. The molecule has 0 aliphatic carbocycles. The summed E-state index contributed by atoms with van der Waals surface area (Å²) in [6.45, 7) is 8.39. The van der Waals surface area contributed by atoms with Crippen LogP contribution < -0.4 is 15.2 Å². The minimum atomic E-state index is 0. The van der Waals surface area contributed by atoms with E-state index in [0.717, 1.165) is 31.1 Å². The Morgan fingerprint density at radius 1 is 1.23 bits per heavy atom. The van der Waals surface area contributed by atoms with Gasteiger partial charge in [0.15, 0.2) is 11.5 Å². The number of hydrogen-bond acceptors (Lipinski definition) is 4. The van der Waals surface area contributed by atoms with Crippen LogP contribution in [0.5, 0.6) is 11.5 Å². The monoisotopic (exact) mass is 328 g/mol. The second-order valence-electron chi connectivity index (χ2n) is 5.69. The summed E-state index contributed by atoms with van der Waals surface area (Å²) in [4.78, 5) is 2.47. The molecule has 1 heterocycles. The molecule has 2 atom stereocenters. The van der Waals surface area contributed by atoms with E-state index in [1.807, 2.05) is 31.2 Å². The molecule has 0 amide bonds. The zero-order valence-electron chi connectivity index (χ0n) is 13.7. The van der Waals surface area contributed by atoms with E-state index in [1.165, 1.54) is 12.8 Å². The lowest BCUT2D eigenvalue weighted by Crippen LogP contribution is -2.49. The lowest BCUT2D eigenvalue weighted by Gasteiger charge is -2.39. The van der Waals surface area contributed by atoms with E-state index in [0.29, 0.717) is 25.2 Å². The van der Waals surface area contributed by atoms with Gasteiger partial charge in [0.2, 0.25) is 0 Å². The summed E-state index contributed by atoms with van der Waals surface area (Å²) in [7, 11) is 0. The molecule has 0 aromatic heterocycles. The smallest absolute Gasteiger partial charge is 0.161 e. The van der Waals surface area contributed by atoms with Crippen molar-refractivity contribution in [2.24, 2.45) is 11.7 Å². The number of rotatable bonds is 7. The second-order valence-corrected chi connectivity index (χ2v) is 5.69. The summed E-state index contributed by atoms with van der Waals surface area (Å²) < 4.78 is 11.5. The van der Waals surface area contributed by atoms with Gasteiger partial charge in [0.05, 0.1) is 6.61 Å². The number of halogens is 1. The van der Waals surface area contributed by atoms with Gasteiger partial charge in [-0.05, 0) is 44.4 Å². The van der Waals surface area contributed by atoms with Crippen LogP contribution in [0.15, 0.2) is 24.3 Å². The highest BCUT2D eigenvalue weighted by molar-refractivity contribution is 5.85. The van der Waals surface area contributed by atoms with Crippen LogP contribution in [0.3, 0.4) is 0 Å². The van der Waals surface area contributed by atoms with E-state index < -0.39 is 0 Å². The summed E-state index contributed by atoms with van der Waals surface area (Å²) in [6.07, 6.45) is 2.54. The van der Waals surface area contributed by atoms with E-state index in [2.05, 4.69) is 11.8 Å². The van der Waals surface area contributed by atoms with Gasteiger partial charge in [-0.25, -0.2) is 0 Å². The van der Waals surface area contributed by atoms with E-state index in [1.54, 1.807) is 0 Å². The van der Waals surface area contributed by atoms with E-state index >= 15 is 0 Å². The molecule has 1 aromatic rings. The van der Waals surface area contributed by atoms with Crippen molar-refractivity contribution in [1.29, 1.82) is 0 Å². The Morgan fingerprint density at radius 2 is 1.91 bits per heavy atom. The number of nitrogens with zero attached hydrogens (tertiary/aromatic N) is 1. The highest BCUT2D eigenvalue weighted by atomic mass is 35.5. The van der Waals surface area contributed by atoms with E-state index in [-0.39, 0.29) is 12.4 Å². The Kier molecular flexibility index (Phi) is 8.61. The molecule has 1 saturated heterocycles. The number of likely N-dealkylation sites (tertiary alicyclic amines) is 1. The van der Waals surface area contributed by atoms with Crippen molar-refractivity contribution in [2.45, 2.75) is 32.7 Å². The van der Waals surface area contributed by atoms with Crippen molar-refractivity contribution in [3.8, 4) is 11.5 Å². The highest BCUT2D eigenvalue weighted by Gasteiger charge is 2.26. The molecule has 1 aliphatic heterocycles. The molecule has 22 heavy (non-hydrogen) atoms. The third-order valence-corrected chi connectivity index (χ3v) is 4.26. The summed E-state index contributed by atoms with van der Waals surface area (Å²) >= 11 is 0. The number of ether oxygens (including phenoxy) is 2. The van der Waals surface area contributed by atoms with Crippen LogP contribution in [-0.4, -0.2) is 43.8 Å². The maximum atomic E-state index is 5.93. The molecule has 0 radical (unpaired) electrons. The van der Waals surface area contributed by atoms with Crippen LogP contribution in [-0.2, 0) is 0 Å². The van der Waals surface area contributed by atoms with Crippen molar-refractivity contribution in [3.63, 3.8) is 0 Å². The van der Waals surface area contributed by atoms with Crippen molar-refractivity contribution < 1.29 is 9.47 Å². The number of piperidine rings is 1. The topological polar surface area (TPSA) is 47.7 Å². The molecule has 4 nitrogen and oxygen atoms in total. The molecular weight excluding hydrogens is 300 g/mol. The van der Waals surface area contributed by atoms with Gasteiger partial charge in [0, 0.05) is 19.1 Å². The van der Waals surface area contributed by atoms with Gasteiger partial charge in [0.1, 0.15) is 6.61 Å². The Labute approximate surface area is 140 Å². The molecule has 2 rings (SSSR count). The molecule has 1 aromatic carbocycles. The SMILES string of the molecule is CCOc1ccccc1OCCN1CCCC(C)C1CN.Cl. The second kappa shape index (κ2) is 9.93. The van der Waals surface area contributed by atoms with Crippen LogP contribution in [0.2, 0.25) is 0 Å². The maximum Gasteiger partial charge on any atom is 0.161 e. The standard InChI is InChI=1S/C17H28N2O2.ClH/c1-3-20-16-8-4-5-9-17(16)21-12-11-19-10-6-7-14(2)15(19)13-18;/h4-5,8-9,14-15H,3,6-7,10-13,18H2,1-2H3;1H. The minimum absolute atomic E-state index is 0. The van der Waals surface area contributed by atoms with Crippen LogP contribution in [0.25, 0.3) is 0 Å². The molecule has 0 spiro atoms. The average Bonchev–Trinajstić information content (AvgIpc) is 2.49. The van der Waals surface area contributed by atoms with Crippen LogP contribution in [0.4, 0.5) is 0 Å². The first kappa shape index (κ1) is 19.1. The molecule has 0 saturated carbocycles. The first-order valence-corrected chi connectivity index (χ1v) is 8.05. The number of hydrogen-bond donors (Lipinski definition) is 1. The Morgan fingerprint density at radius 3 is 2.55 bits per heavy atom. The van der Waals surface area contributed by atoms with Gasteiger partial charge >= 0.3 is 0 Å². The molecule has 1 aliphatic rings. The lowest BCUT2D eigenvalue weighted by atomic mass is 9.91. The summed E-state index contributed by atoms with van der Waals surface area (Å²) in [5.41, 5.74) is 5.93. The van der Waals surface area contributed by atoms with Gasteiger partial charge in [-0.1, -0.05) is 19.1 Å². The van der Waals surface area contributed by atoms with Crippen LogP contribution in [0.1, 0.15) is 26.7 Å². The van der Waals surface area contributed by atoms with Gasteiger partial charge in [-0.15, -0.1) is 12.4 Å². The van der Waals surface area contributed by atoms with Crippen molar-refractivity contribution >= 4 is 12.4 Å². The first-order valence-electron chi connectivity index (χ1n) is 8.05. The molecule has 2 N–H and O–H groups in total. The zero-order valence-corrected chi connectivity index (χ0v) is 14.5. The zero-order chi connectivity index (χ0) is 15.1. The normalized spacial score (nSPS) is 22.0. The molecule has 5 heteroatoms. The summed E-state index contributed by atoms with van der Waals surface area (Å²) in [5, 5.41) is 0. The van der Waals surface area contributed by atoms with Crippen LogP contribution >= 0.6 is 12.4 Å². The molecule has 126 valence electrons. The summed E-state index contributed by atoms with van der Waals surface area (Å²) in [5.74, 6) is 2.33. The van der Waals surface area contributed by atoms with E-state index in [9.17, 15) is 0 Å². The van der Waals surface area contributed by atoms with Crippen molar-refractivity contribution in [1.82, 2.24) is 4.90 Å². The quantitative estimate of drug-likeness (QED) is 0.836. The lowest BCUT2D eigenvalue weighted by molar-refractivity contribution is 0.0888. The largest absolute Gasteiger partial charge is 0.490 e. The number of nitrogens with two attached hydrogens (primary N) is 1.